The van der Waals surface area contributed by atoms with E-state index in [-0.39, 0.29) is 11.6 Å². The molecule has 0 spiro atoms. The number of urea groups is 1. The van der Waals surface area contributed by atoms with Crippen LogP contribution in [0.5, 0.6) is 0 Å². The van der Waals surface area contributed by atoms with Crippen molar-refractivity contribution in [3.8, 4) is 0 Å². The van der Waals surface area contributed by atoms with Crippen LogP contribution in [0.4, 0.5) is 4.79 Å². The van der Waals surface area contributed by atoms with Gasteiger partial charge in [0.1, 0.15) is 0 Å². The van der Waals surface area contributed by atoms with E-state index in [2.05, 4.69) is 15.6 Å². The number of hydrogen-bond acceptors (Lipinski definition) is 3. The Morgan fingerprint density at radius 3 is 2.48 bits per heavy atom. The monoisotopic (exact) mass is 305 g/mol. The fourth-order valence-electron chi connectivity index (χ4n) is 5.21. The highest BCUT2D eigenvalue weighted by atomic mass is 32.1. The van der Waals surface area contributed by atoms with Gasteiger partial charge in [0, 0.05) is 23.9 Å². The Morgan fingerprint density at radius 2 is 1.90 bits per heavy atom. The summed E-state index contributed by atoms with van der Waals surface area (Å²) in [6, 6.07) is 0.0205. The van der Waals surface area contributed by atoms with Gasteiger partial charge in [-0.3, -0.25) is 0 Å². The molecule has 5 heteroatoms. The van der Waals surface area contributed by atoms with Crippen LogP contribution in [0, 0.1) is 17.8 Å². The quantitative estimate of drug-likeness (QED) is 0.898. The summed E-state index contributed by atoms with van der Waals surface area (Å²) in [4.78, 5) is 16.5. The Balaban J connectivity index is 1.30. The summed E-state index contributed by atoms with van der Waals surface area (Å²) in [7, 11) is 0. The van der Waals surface area contributed by atoms with E-state index in [1.165, 1.54) is 38.5 Å². The van der Waals surface area contributed by atoms with Crippen LogP contribution in [0.2, 0.25) is 0 Å². The normalized spacial score (nSPS) is 36.7. The van der Waals surface area contributed by atoms with Gasteiger partial charge in [0.05, 0.1) is 11.2 Å². The number of rotatable bonds is 4. The summed E-state index contributed by atoms with van der Waals surface area (Å²) in [5.41, 5.74) is 3.01. The third-order valence-corrected chi connectivity index (χ3v) is 6.20. The van der Waals surface area contributed by atoms with Gasteiger partial charge in [-0.25, -0.2) is 9.78 Å². The first-order chi connectivity index (χ1) is 10.2. The van der Waals surface area contributed by atoms with E-state index in [4.69, 9.17) is 0 Å². The smallest absolute Gasteiger partial charge is 0.315 e. The minimum absolute atomic E-state index is 0.0205. The lowest BCUT2D eigenvalue weighted by atomic mass is 9.53. The predicted molar refractivity (Wildman–Crippen MR) is 83.3 cm³/mol. The summed E-state index contributed by atoms with van der Waals surface area (Å²) in [5, 5.41) is 8.39. The van der Waals surface area contributed by atoms with E-state index in [1.54, 1.807) is 11.3 Å². The Labute approximate surface area is 129 Å². The van der Waals surface area contributed by atoms with Crippen molar-refractivity contribution in [3.63, 3.8) is 0 Å². The van der Waals surface area contributed by atoms with Gasteiger partial charge in [-0.2, -0.15) is 0 Å². The zero-order chi connectivity index (χ0) is 14.3. The predicted octanol–water partition coefficient (Wildman–Crippen LogP) is 2.95. The Hall–Kier alpha value is -1.10. The molecule has 114 valence electrons. The molecule has 2 amide bonds. The molecule has 0 aliphatic heterocycles. The van der Waals surface area contributed by atoms with Crippen molar-refractivity contribution in [1.82, 2.24) is 15.6 Å². The lowest BCUT2D eigenvalue weighted by molar-refractivity contribution is -0.0135. The summed E-state index contributed by atoms with van der Waals surface area (Å²) in [6.45, 7) is 0.669. The van der Waals surface area contributed by atoms with Crippen LogP contribution in [0.3, 0.4) is 0 Å². The van der Waals surface area contributed by atoms with E-state index in [9.17, 15) is 4.79 Å². The molecule has 21 heavy (non-hydrogen) atoms. The van der Waals surface area contributed by atoms with Crippen LogP contribution in [-0.2, 0) is 6.42 Å². The number of aromatic nitrogens is 1. The Morgan fingerprint density at radius 1 is 1.24 bits per heavy atom. The number of hydrogen-bond donors (Lipinski definition) is 2. The van der Waals surface area contributed by atoms with Crippen molar-refractivity contribution in [2.75, 3.05) is 6.54 Å². The number of carbonyl (C=O) groups is 1. The number of carbonyl (C=O) groups excluding carboxylic acids is 1. The molecule has 2 N–H and O–H groups in total. The molecule has 1 aromatic rings. The lowest BCUT2D eigenvalue weighted by Gasteiger charge is -2.56. The Bertz CT molecular complexity index is 478. The van der Waals surface area contributed by atoms with Gasteiger partial charge < -0.3 is 10.6 Å². The summed E-state index contributed by atoms with van der Waals surface area (Å²) in [5.74, 6) is 2.60. The molecule has 4 saturated carbocycles. The summed E-state index contributed by atoms with van der Waals surface area (Å²) in [6.07, 6.45) is 8.67. The molecule has 4 fully saturated rings. The molecule has 1 aromatic heterocycles. The van der Waals surface area contributed by atoms with E-state index >= 15 is 0 Å². The molecule has 4 aliphatic rings. The summed E-state index contributed by atoms with van der Waals surface area (Å²) >= 11 is 1.60. The van der Waals surface area contributed by atoms with Crippen LogP contribution >= 0.6 is 11.3 Å². The first-order valence-corrected chi connectivity index (χ1v) is 9.08. The van der Waals surface area contributed by atoms with Gasteiger partial charge in [-0.15, -0.1) is 11.3 Å². The van der Waals surface area contributed by atoms with Crippen LogP contribution in [0.1, 0.15) is 44.2 Å². The van der Waals surface area contributed by atoms with Crippen LogP contribution in [0.25, 0.3) is 0 Å². The van der Waals surface area contributed by atoms with Gasteiger partial charge in [-0.05, 0) is 56.3 Å². The molecule has 4 nitrogen and oxygen atoms in total. The second-order valence-electron chi connectivity index (χ2n) is 7.31. The van der Waals surface area contributed by atoms with Gasteiger partial charge in [0.25, 0.3) is 0 Å². The van der Waals surface area contributed by atoms with Crippen molar-refractivity contribution in [1.29, 1.82) is 0 Å². The fraction of sp³-hybridized carbons (Fsp3) is 0.750. The fourth-order valence-corrected chi connectivity index (χ4v) is 5.81. The first-order valence-electron chi connectivity index (χ1n) is 8.14. The van der Waals surface area contributed by atoms with E-state index in [1.807, 2.05) is 10.9 Å². The number of amides is 2. The molecule has 0 radical (unpaired) electrons. The molecule has 0 saturated heterocycles. The molecule has 4 bridgehead atoms. The largest absolute Gasteiger partial charge is 0.338 e. The third kappa shape index (κ3) is 2.80. The lowest BCUT2D eigenvalue weighted by Crippen LogP contribution is -2.61. The minimum Gasteiger partial charge on any atom is -0.338 e. The molecule has 0 aromatic carbocycles. The van der Waals surface area contributed by atoms with Crippen molar-refractivity contribution >= 4 is 17.4 Å². The zero-order valence-electron chi connectivity index (χ0n) is 12.3. The van der Waals surface area contributed by atoms with Crippen LogP contribution < -0.4 is 10.6 Å². The minimum atomic E-state index is 0.0205. The van der Waals surface area contributed by atoms with Gasteiger partial charge >= 0.3 is 6.03 Å². The van der Waals surface area contributed by atoms with E-state index < -0.39 is 0 Å². The molecular formula is C16H23N3OS. The Kier molecular flexibility index (Phi) is 3.40. The number of nitrogens with zero attached hydrogens (tertiary/aromatic N) is 1. The highest BCUT2D eigenvalue weighted by molar-refractivity contribution is 7.07. The van der Waals surface area contributed by atoms with Crippen molar-refractivity contribution < 1.29 is 4.79 Å². The van der Waals surface area contributed by atoms with Crippen molar-refractivity contribution in [3.05, 3.63) is 16.6 Å². The highest BCUT2D eigenvalue weighted by Crippen LogP contribution is 2.55. The third-order valence-electron chi connectivity index (χ3n) is 5.57. The van der Waals surface area contributed by atoms with Crippen molar-refractivity contribution in [2.24, 2.45) is 17.8 Å². The van der Waals surface area contributed by atoms with Gasteiger partial charge in [-0.1, -0.05) is 0 Å². The average Bonchev–Trinajstić information content (AvgIpc) is 2.89. The van der Waals surface area contributed by atoms with E-state index in [0.717, 1.165) is 29.9 Å². The van der Waals surface area contributed by atoms with Crippen LogP contribution in [0.15, 0.2) is 10.9 Å². The average molecular weight is 305 g/mol. The maximum Gasteiger partial charge on any atom is 0.315 e. The van der Waals surface area contributed by atoms with Gasteiger partial charge in [0.2, 0.25) is 0 Å². The molecule has 1 heterocycles. The first kappa shape index (κ1) is 13.6. The SMILES string of the molecule is O=C(NCCc1cscn1)NC12CC3CC(CC(C3)C1)C2. The maximum absolute atomic E-state index is 12.2. The molecule has 5 rings (SSSR count). The second-order valence-corrected chi connectivity index (χ2v) is 8.03. The van der Waals surface area contributed by atoms with E-state index in [0.29, 0.717) is 6.54 Å². The summed E-state index contributed by atoms with van der Waals surface area (Å²) < 4.78 is 0. The van der Waals surface area contributed by atoms with Gasteiger partial charge in [0.15, 0.2) is 0 Å². The topological polar surface area (TPSA) is 54.0 Å². The number of thiazole rings is 1. The molecule has 0 atom stereocenters. The van der Waals surface area contributed by atoms with Crippen molar-refractivity contribution in [2.45, 2.75) is 50.5 Å². The molecular weight excluding hydrogens is 282 g/mol. The highest BCUT2D eigenvalue weighted by Gasteiger charge is 2.51. The zero-order valence-corrected chi connectivity index (χ0v) is 13.1. The number of nitrogens with one attached hydrogen (secondary N) is 2. The molecule has 0 unspecified atom stereocenters. The molecule has 4 aliphatic carbocycles. The maximum atomic E-state index is 12.2. The second kappa shape index (κ2) is 5.27. The standard InChI is InChI=1S/C16H23N3OS/c20-15(17-2-1-14-9-21-10-18-14)19-16-6-11-3-12(7-16)5-13(4-11)8-16/h9-13H,1-8H2,(H2,17,19,20). The van der Waals surface area contributed by atoms with Crippen LogP contribution in [-0.4, -0.2) is 23.1 Å².